The van der Waals surface area contributed by atoms with E-state index >= 15 is 0 Å². The SMILES string of the molecule is Cc1nnc2n1C[C@@H](C(=O)NCCc1cc(Cl)c3c(c1)OCCO3)CC2. The van der Waals surface area contributed by atoms with Crippen molar-refractivity contribution in [3.63, 3.8) is 0 Å². The van der Waals surface area contributed by atoms with E-state index in [4.69, 9.17) is 21.1 Å². The maximum Gasteiger partial charge on any atom is 0.224 e. The molecular formula is C18H21ClN4O3. The number of ether oxygens (including phenoxy) is 2. The highest BCUT2D eigenvalue weighted by Gasteiger charge is 2.26. The number of hydrogen-bond donors (Lipinski definition) is 1. The summed E-state index contributed by atoms with van der Waals surface area (Å²) in [6, 6.07) is 3.80. The van der Waals surface area contributed by atoms with Crippen LogP contribution in [-0.2, 0) is 24.2 Å². The molecule has 0 aliphatic carbocycles. The zero-order valence-corrected chi connectivity index (χ0v) is 15.4. The number of benzene rings is 1. The van der Waals surface area contributed by atoms with E-state index < -0.39 is 0 Å². The lowest BCUT2D eigenvalue weighted by atomic mass is 9.98. The first kappa shape index (κ1) is 17.1. The van der Waals surface area contributed by atoms with Crippen LogP contribution in [0.25, 0.3) is 0 Å². The van der Waals surface area contributed by atoms with Crippen molar-refractivity contribution in [3.05, 3.63) is 34.4 Å². The number of aryl methyl sites for hydroxylation is 2. The fraction of sp³-hybridized carbons (Fsp3) is 0.500. The van der Waals surface area contributed by atoms with Crippen molar-refractivity contribution >= 4 is 17.5 Å². The minimum Gasteiger partial charge on any atom is -0.486 e. The Labute approximate surface area is 156 Å². The standard InChI is InChI=1S/C18H21ClN4O3/c1-11-21-22-16-3-2-13(10-23(11)16)18(24)20-5-4-12-8-14(19)17-15(9-12)25-6-7-26-17/h8-9,13H,2-7,10H2,1H3,(H,20,24)/t13-/m0/s1. The van der Waals surface area contributed by atoms with E-state index in [0.29, 0.717) is 49.2 Å². The smallest absolute Gasteiger partial charge is 0.224 e. The predicted octanol–water partition coefficient (Wildman–Crippen LogP) is 1.93. The molecule has 1 aromatic carbocycles. The molecule has 0 fully saturated rings. The van der Waals surface area contributed by atoms with E-state index in [9.17, 15) is 4.79 Å². The molecule has 0 unspecified atom stereocenters. The van der Waals surface area contributed by atoms with Gasteiger partial charge in [0.05, 0.1) is 10.9 Å². The van der Waals surface area contributed by atoms with Gasteiger partial charge in [-0.05, 0) is 37.5 Å². The van der Waals surface area contributed by atoms with Crippen molar-refractivity contribution in [2.45, 2.75) is 32.7 Å². The van der Waals surface area contributed by atoms with Crippen LogP contribution in [0.5, 0.6) is 11.5 Å². The Hall–Kier alpha value is -2.28. The second kappa shape index (κ2) is 7.15. The van der Waals surface area contributed by atoms with Gasteiger partial charge in [-0.2, -0.15) is 0 Å². The van der Waals surface area contributed by atoms with Crippen LogP contribution in [0.15, 0.2) is 12.1 Å². The van der Waals surface area contributed by atoms with Gasteiger partial charge in [-0.3, -0.25) is 4.79 Å². The fourth-order valence-electron chi connectivity index (χ4n) is 3.46. The quantitative estimate of drug-likeness (QED) is 0.882. The van der Waals surface area contributed by atoms with E-state index in [1.54, 1.807) is 0 Å². The lowest BCUT2D eigenvalue weighted by Gasteiger charge is -2.23. The molecule has 1 atom stereocenters. The molecule has 26 heavy (non-hydrogen) atoms. The molecular weight excluding hydrogens is 356 g/mol. The predicted molar refractivity (Wildman–Crippen MR) is 95.7 cm³/mol. The second-order valence-electron chi connectivity index (χ2n) is 6.65. The Morgan fingerprint density at radius 3 is 3.08 bits per heavy atom. The molecule has 2 aromatic rings. The molecule has 0 spiro atoms. The normalized spacial score (nSPS) is 18.3. The number of aromatic nitrogens is 3. The van der Waals surface area contributed by atoms with Crippen molar-refractivity contribution in [2.24, 2.45) is 5.92 Å². The van der Waals surface area contributed by atoms with E-state index in [-0.39, 0.29) is 11.8 Å². The Morgan fingerprint density at radius 1 is 1.35 bits per heavy atom. The van der Waals surface area contributed by atoms with Gasteiger partial charge in [0.2, 0.25) is 5.91 Å². The summed E-state index contributed by atoms with van der Waals surface area (Å²) in [6.45, 7) is 4.16. The average molecular weight is 377 g/mol. The summed E-state index contributed by atoms with van der Waals surface area (Å²) in [7, 11) is 0. The van der Waals surface area contributed by atoms with Crippen LogP contribution in [0.2, 0.25) is 5.02 Å². The fourth-order valence-corrected chi connectivity index (χ4v) is 3.75. The first-order chi connectivity index (χ1) is 12.6. The maximum absolute atomic E-state index is 12.5. The Balaban J connectivity index is 1.33. The lowest BCUT2D eigenvalue weighted by Crippen LogP contribution is -2.37. The molecule has 0 radical (unpaired) electrons. The monoisotopic (exact) mass is 376 g/mol. The number of carbonyl (C=O) groups is 1. The molecule has 0 bridgehead atoms. The molecule has 1 aromatic heterocycles. The van der Waals surface area contributed by atoms with Gasteiger partial charge in [-0.15, -0.1) is 10.2 Å². The molecule has 4 rings (SSSR count). The number of carbonyl (C=O) groups excluding carboxylic acids is 1. The molecule has 1 amide bonds. The van der Waals surface area contributed by atoms with Crippen LogP contribution < -0.4 is 14.8 Å². The molecule has 138 valence electrons. The van der Waals surface area contributed by atoms with Crippen LogP contribution in [-0.4, -0.2) is 40.4 Å². The van der Waals surface area contributed by atoms with Crippen LogP contribution in [0.4, 0.5) is 0 Å². The number of nitrogens with one attached hydrogen (secondary N) is 1. The second-order valence-corrected chi connectivity index (χ2v) is 7.06. The zero-order chi connectivity index (χ0) is 18.1. The molecule has 1 N–H and O–H groups in total. The summed E-state index contributed by atoms with van der Waals surface area (Å²) in [4.78, 5) is 12.5. The first-order valence-electron chi connectivity index (χ1n) is 8.86. The molecule has 3 heterocycles. The van der Waals surface area contributed by atoms with Gasteiger partial charge < -0.3 is 19.4 Å². The van der Waals surface area contributed by atoms with Gasteiger partial charge in [0.15, 0.2) is 11.5 Å². The van der Waals surface area contributed by atoms with Crippen molar-refractivity contribution in [1.29, 1.82) is 0 Å². The topological polar surface area (TPSA) is 78.3 Å². The molecule has 0 saturated carbocycles. The summed E-state index contributed by atoms with van der Waals surface area (Å²) in [6.07, 6.45) is 2.28. The van der Waals surface area contributed by atoms with E-state index in [0.717, 1.165) is 30.1 Å². The van der Waals surface area contributed by atoms with E-state index in [1.807, 2.05) is 23.6 Å². The number of amides is 1. The molecule has 2 aliphatic heterocycles. The highest BCUT2D eigenvalue weighted by Crippen LogP contribution is 2.38. The Kier molecular flexibility index (Phi) is 4.72. The highest BCUT2D eigenvalue weighted by atomic mass is 35.5. The van der Waals surface area contributed by atoms with Crippen LogP contribution >= 0.6 is 11.6 Å². The largest absolute Gasteiger partial charge is 0.486 e. The Bertz CT molecular complexity index is 836. The van der Waals surface area contributed by atoms with Gasteiger partial charge in [0.25, 0.3) is 0 Å². The number of halogens is 1. The molecule has 7 nitrogen and oxygen atoms in total. The summed E-state index contributed by atoms with van der Waals surface area (Å²) < 4.78 is 13.2. The lowest BCUT2D eigenvalue weighted by molar-refractivity contribution is -0.125. The summed E-state index contributed by atoms with van der Waals surface area (Å²) >= 11 is 6.26. The third-order valence-electron chi connectivity index (χ3n) is 4.87. The average Bonchev–Trinajstić information content (AvgIpc) is 3.02. The zero-order valence-electron chi connectivity index (χ0n) is 14.6. The van der Waals surface area contributed by atoms with Gasteiger partial charge in [-0.1, -0.05) is 11.6 Å². The third kappa shape index (κ3) is 3.35. The number of fused-ring (bicyclic) bond motifs is 2. The van der Waals surface area contributed by atoms with Crippen LogP contribution in [0.3, 0.4) is 0 Å². The molecule has 8 heteroatoms. The Morgan fingerprint density at radius 2 is 2.19 bits per heavy atom. The molecule has 0 saturated heterocycles. The minimum atomic E-state index is -0.0407. The van der Waals surface area contributed by atoms with E-state index in [1.165, 1.54) is 0 Å². The number of nitrogens with zero attached hydrogens (tertiary/aromatic N) is 3. The van der Waals surface area contributed by atoms with Gasteiger partial charge >= 0.3 is 0 Å². The van der Waals surface area contributed by atoms with Crippen molar-refractivity contribution in [1.82, 2.24) is 20.1 Å². The number of hydrogen-bond acceptors (Lipinski definition) is 5. The van der Waals surface area contributed by atoms with E-state index in [2.05, 4.69) is 15.5 Å². The molecule has 2 aliphatic rings. The summed E-state index contributed by atoms with van der Waals surface area (Å²) in [5, 5.41) is 11.8. The summed E-state index contributed by atoms with van der Waals surface area (Å²) in [5.74, 6) is 3.15. The van der Waals surface area contributed by atoms with Gasteiger partial charge in [-0.25, -0.2) is 0 Å². The first-order valence-corrected chi connectivity index (χ1v) is 9.24. The van der Waals surface area contributed by atoms with Gasteiger partial charge in [0, 0.05) is 19.5 Å². The van der Waals surface area contributed by atoms with Crippen molar-refractivity contribution in [3.8, 4) is 11.5 Å². The number of rotatable bonds is 4. The van der Waals surface area contributed by atoms with Crippen LogP contribution in [0, 0.1) is 12.8 Å². The van der Waals surface area contributed by atoms with Crippen LogP contribution in [0.1, 0.15) is 23.6 Å². The highest BCUT2D eigenvalue weighted by molar-refractivity contribution is 6.32. The minimum absolute atomic E-state index is 0.0407. The third-order valence-corrected chi connectivity index (χ3v) is 5.15. The van der Waals surface area contributed by atoms with Gasteiger partial charge in [0.1, 0.15) is 24.9 Å². The van der Waals surface area contributed by atoms with Crippen molar-refractivity contribution in [2.75, 3.05) is 19.8 Å². The summed E-state index contributed by atoms with van der Waals surface area (Å²) in [5.41, 5.74) is 1.01. The maximum atomic E-state index is 12.5. The van der Waals surface area contributed by atoms with Crippen molar-refractivity contribution < 1.29 is 14.3 Å².